The van der Waals surface area contributed by atoms with Crippen molar-refractivity contribution in [3.05, 3.63) is 59.5 Å². The molecule has 3 aromatic rings. The first-order valence-electron chi connectivity index (χ1n) is 10.0. The van der Waals surface area contributed by atoms with Crippen LogP contribution in [0.1, 0.15) is 29.5 Å². The molecule has 1 fully saturated rings. The Morgan fingerprint density at radius 1 is 1.03 bits per heavy atom. The quantitative estimate of drug-likeness (QED) is 0.670. The van der Waals surface area contributed by atoms with Crippen LogP contribution in [0.15, 0.2) is 42.9 Å². The maximum Gasteiger partial charge on any atom is 0.225 e. The van der Waals surface area contributed by atoms with E-state index in [4.69, 9.17) is 5.26 Å². The predicted octanol–water partition coefficient (Wildman–Crippen LogP) is 3.58. The molecule has 0 atom stereocenters. The molecule has 0 spiro atoms. The van der Waals surface area contributed by atoms with Gasteiger partial charge in [0, 0.05) is 43.4 Å². The number of hydrogen-bond donors (Lipinski definition) is 2. The van der Waals surface area contributed by atoms with E-state index in [0.29, 0.717) is 17.6 Å². The number of nitrogens with one attached hydrogen (secondary N) is 2. The van der Waals surface area contributed by atoms with Gasteiger partial charge in [0.2, 0.25) is 11.9 Å². The van der Waals surface area contributed by atoms with Gasteiger partial charge in [-0.05, 0) is 62.1 Å². The lowest BCUT2D eigenvalue weighted by Gasteiger charge is -2.32. The Bertz CT molecular complexity index is 1030. The minimum absolute atomic E-state index is 0.304. The second kappa shape index (κ2) is 8.74. The molecule has 3 heterocycles. The Morgan fingerprint density at radius 3 is 2.40 bits per heavy atom. The van der Waals surface area contributed by atoms with Crippen LogP contribution in [0.25, 0.3) is 0 Å². The Kier molecular flexibility index (Phi) is 5.70. The zero-order valence-corrected chi connectivity index (χ0v) is 17.1. The predicted molar refractivity (Wildman–Crippen MR) is 117 cm³/mol. The first-order chi connectivity index (χ1) is 14.6. The van der Waals surface area contributed by atoms with Crippen molar-refractivity contribution in [2.24, 2.45) is 0 Å². The number of anilines is 4. The number of hydrogen-bond acceptors (Lipinski definition) is 8. The highest BCUT2D eigenvalue weighted by Crippen LogP contribution is 2.25. The van der Waals surface area contributed by atoms with Gasteiger partial charge in [-0.15, -0.1) is 0 Å². The van der Waals surface area contributed by atoms with Crippen LogP contribution in [-0.2, 0) is 0 Å². The summed E-state index contributed by atoms with van der Waals surface area (Å²) in [5.74, 6) is 2.11. The largest absolute Gasteiger partial charge is 0.351 e. The number of aromatic nitrogens is 4. The molecule has 30 heavy (non-hydrogen) atoms. The van der Waals surface area contributed by atoms with Crippen LogP contribution in [0.5, 0.6) is 0 Å². The fourth-order valence-corrected chi connectivity index (χ4v) is 3.71. The third-order valence-corrected chi connectivity index (χ3v) is 5.23. The van der Waals surface area contributed by atoms with Gasteiger partial charge in [-0.2, -0.15) is 10.2 Å². The summed E-state index contributed by atoms with van der Waals surface area (Å²) in [5, 5.41) is 16.0. The highest BCUT2D eigenvalue weighted by Gasteiger charge is 2.21. The van der Waals surface area contributed by atoms with Gasteiger partial charge in [-0.1, -0.05) is 0 Å². The van der Waals surface area contributed by atoms with Gasteiger partial charge < -0.3 is 15.5 Å². The molecule has 4 rings (SSSR count). The van der Waals surface area contributed by atoms with Crippen LogP contribution in [0, 0.1) is 25.2 Å². The smallest absolute Gasteiger partial charge is 0.225 e. The van der Waals surface area contributed by atoms with Crippen molar-refractivity contribution < 1.29 is 0 Å². The molecule has 1 aromatic carbocycles. The average molecular weight is 400 g/mol. The van der Waals surface area contributed by atoms with E-state index in [1.54, 1.807) is 18.6 Å². The number of aryl methyl sites for hydroxylation is 2. The maximum absolute atomic E-state index is 9.13. The zero-order valence-electron chi connectivity index (χ0n) is 17.1. The van der Waals surface area contributed by atoms with Crippen molar-refractivity contribution in [1.82, 2.24) is 19.9 Å². The van der Waals surface area contributed by atoms with Gasteiger partial charge in [0.05, 0.1) is 11.6 Å². The molecule has 0 aliphatic carbocycles. The van der Waals surface area contributed by atoms with E-state index in [1.807, 2.05) is 38.1 Å². The van der Waals surface area contributed by atoms with Crippen molar-refractivity contribution in [3.8, 4) is 6.07 Å². The number of rotatable bonds is 5. The standard InChI is InChI=1S/C22H24N8/c1-15-12-17(14-23)13-16(2)20(15)28-19-4-9-24-21(29-19)27-18-5-10-30(11-6-18)22-25-7-3-8-26-22/h3-4,7-9,12-13,18H,5-6,10-11H2,1-2H3,(H2,24,27,28,29). The van der Waals surface area contributed by atoms with Gasteiger partial charge in [-0.3, -0.25) is 0 Å². The van der Waals surface area contributed by atoms with Crippen LogP contribution >= 0.6 is 0 Å². The fraction of sp³-hybridized carbons (Fsp3) is 0.318. The van der Waals surface area contributed by atoms with Crippen LogP contribution < -0.4 is 15.5 Å². The van der Waals surface area contributed by atoms with E-state index < -0.39 is 0 Å². The Labute approximate surface area is 176 Å². The van der Waals surface area contributed by atoms with Crippen molar-refractivity contribution in [3.63, 3.8) is 0 Å². The molecule has 152 valence electrons. The van der Waals surface area contributed by atoms with E-state index in [1.165, 1.54) is 0 Å². The molecular formula is C22H24N8. The average Bonchev–Trinajstić information content (AvgIpc) is 2.77. The highest BCUT2D eigenvalue weighted by atomic mass is 15.3. The molecule has 0 radical (unpaired) electrons. The van der Waals surface area contributed by atoms with Gasteiger partial charge in [0.25, 0.3) is 0 Å². The fourth-order valence-electron chi connectivity index (χ4n) is 3.71. The van der Waals surface area contributed by atoms with Crippen LogP contribution in [0.4, 0.5) is 23.4 Å². The molecule has 1 saturated heterocycles. The Hall–Kier alpha value is -3.73. The summed E-state index contributed by atoms with van der Waals surface area (Å²) < 4.78 is 0. The van der Waals surface area contributed by atoms with Gasteiger partial charge in [-0.25, -0.2) is 15.0 Å². The normalized spacial score (nSPS) is 14.2. The number of benzene rings is 1. The molecule has 2 N–H and O–H groups in total. The minimum Gasteiger partial charge on any atom is -0.351 e. The summed E-state index contributed by atoms with van der Waals surface area (Å²) in [6, 6.07) is 9.92. The molecule has 0 amide bonds. The highest BCUT2D eigenvalue weighted by molar-refractivity contribution is 5.66. The van der Waals surface area contributed by atoms with E-state index in [9.17, 15) is 0 Å². The van der Waals surface area contributed by atoms with E-state index >= 15 is 0 Å². The second-order valence-electron chi connectivity index (χ2n) is 7.44. The Morgan fingerprint density at radius 2 is 1.73 bits per heavy atom. The molecule has 0 saturated carbocycles. The van der Waals surface area contributed by atoms with Crippen LogP contribution in [0.2, 0.25) is 0 Å². The van der Waals surface area contributed by atoms with E-state index in [2.05, 4.69) is 41.5 Å². The van der Waals surface area contributed by atoms with Crippen molar-refractivity contribution in [1.29, 1.82) is 5.26 Å². The number of nitriles is 1. The maximum atomic E-state index is 9.13. The van der Waals surface area contributed by atoms with E-state index in [0.717, 1.165) is 54.5 Å². The lowest BCUT2D eigenvalue weighted by atomic mass is 10.0. The summed E-state index contributed by atoms with van der Waals surface area (Å²) in [6.45, 7) is 5.76. The number of nitrogens with zero attached hydrogens (tertiary/aromatic N) is 6. The molecule has 8 nitrogen and oxygen atoms in total. The summed E-state index contributed by atoms with van der Waals surface area (Å²) in [7, 11) is 0. The molecule has 0 bridgehead atoms. The summed E-state index contributed by atoms with van der Waals surface area (Å²) in [6.07, 6.45) is 7.23. The molecule has 8 heteroatoms. The lowest BCUT2D eigenvalue weighted by molar-refractivity contribution is 0.517. The summed E-state index contributed by atoms with van der Waals surface area (Å²) in [5.41, 5.74) is 3.65. The molecule has 0 unspecified atom stereocenters. The van der Waals surface area contributed by atoms with Crippen LogP contribution in [0.3, 0.4) is 0 Å². The Balaban J connectivity index is 1.40. The number of piperidine rings is 1. The third-order valence-electron chi connectivity index (χ3n) is 5.23. The van der Waals surface area contributed by atoms with Crippen LogP contribution in [-0.4, -0.2) is 39.1 Å². The van der Waals surface area contributed by atoms with Gasteiger partial charge in [0.1, 0.15) is 5.82 Å². The van der Waals surface area contributed by atoms with Gasteiger partial charge in [0.15, 0.2) is 0 Å². The summed E-state index contributed by atoms with van der Waals surface area (Å²) in [4.78, 5) is 19.9. The molecular weight excluding hydrogens is 376 g/mol. The van der Waals surface area contributed by atoms with Crippen molar-refractivity contribution >= 4 is 23.4 Å². The van der Waals surface area contributed by atoms with Crippen molar-refractivity contribution in [2.45, 2.75) is 32.7 Å². The molecule has 2 aromatic heterocycles. The molecule has 1 aliphatic heterocycles. The minimum atomic E-state index is 0.304. The first kappa shape index (κ1) is 19.6. The van der Waals surface area contributed by atoms with E-state index in [-0.39, 0.29) is 0 Å². The first-order valence-corrected chi connectivity index (χ1v) is 10.0. The monoisotopic (exact) mass is 400 g/mol. The zero-order chi connectivity index (χ0) is 20.9. The lowest BCUT2D eigenvalue weighted by Crippen LogP contribution is -2.40. The SMILES string of the molecule is Cc1cc(C#N)cc(C)c1Nc1ccnc(NC2CCN(c3ncccn3)CC2)n1. The molecule has 1 aliphatic rings. The van der Waals surface area contributed by atoms with Crippen molar-refractivity contribution in [2.75, 3.05) is 28.6 Å². The second-order valence-corrected chi connectivity index (χ2v) is 7.44. The summed E-state index contributed by atoms with van der Waals surface area (Å²) >= 11 is 0. The topological polar surface area (TPSA) is 103 Å². The third kappa shape index (κ3) is 4.46. The van der Waals surface area contributed by atoms with Gasteiger partial charge >= 0.3 is 0 Å².